The zero-order valence-corrected chi connectivity index (χ0v) is 20.4. The minimum absolute atomic E-state index is 0.0398. The molecule has 10 nitrogen and oxygen atoms in total. The number of amides is 2. The summed E-state index contributed by atoms with van der Waals surface area (Å²) in [5.74, 6) is -0.969. The maximum absolute atomic E-state index is 15.0. The number of H-pyrrole nitrogens is 1. The number of halogens is 1. The molecule has 1 fully saturated rings. The van der Waals surface area contributed by atoms with E-state index < -0.39 is 33.1 Å². The standard InChI is InChI=1S/C23H20FN5O5S2/c1-12-2-9-20(35-12)36(33,34)28-22(31)26-14-6-8-19(17(24)10-14)29-21(30)16-7-5-15(25-13-3-4-13)11-18(16)27-23(29)32/h2,5-11,13,25H,3-4H2,1H3,(H,27,32)(H2,26,28,31). The number of aromatic nitrogens is 2. The number of sulfonamides is 1. The number of hydrogen-bond donors (Lipinski definition) is 4. The van der Waals surface area contributed by atoms with Crippen molar-refractivity contribution in [3.63, 3.8) is 0 Å². The molecule has 4 N–H and O–H groups in total. The molecule has 2 aromatic heterocycles. The summed E-state index contributed by atoms with van der Waals surface area (Å²) in [6.07, 6.45) is 2.12. The number of carbonyl (C=O) groups excluding carboxylic acids is 1. The summed E-state index contributed by atoms with van der Waals surface area (Å²) in [4.78, 5) is 41.2. The maximum atomic E-state index is 15.0. The van der Waals surface area contributed by atoms with E-state index in [-0.39, 0.29) is 21.0 Å². The highest BCUT2D eigenvalue weighted by Crippen LogP contribution is 2.26. The summed E-state index contributed by atoms with van der Waals surface area (Å²) >= 11 is 0.995. The largest absolute Gasteiger partial charge is 0.382 e. The summed E-state index contributed by atoms with van der Waals surface area (Å²) in [6, 6.07) is 10.5. The number of rotatable bonds is 6. The number of hydrogen-bond acceptors (Lipinski definition) is 7. The van der Waals surface area contributed by atoms with Gasteiger partial charge in [-0.25, -0.2) is 31.7 Å². The smallest absolute Gasteiger partial charge is 0.333 e. The number of fused-ring (bicyclic) bond motifs is 1. The number of urea groups is 1. The van der Waals surface area contributed by atoms with Crippen LogP contribution in [-0.4, -0.2) is 30.0 Å². The molecule has 0 bridgehead atoms. The van der Waals surface area contributed by atoms with Crippen LogP contribution in [0.5, 0.6) is 0 Å². The van der Waals surface area contributed by atoms with E-state index in [9.17, 15) is 27.2 Å². The summed E-state index contributed by atoms with van der Waals surface area (Å²) in [5.41, 5.74) is -0.839. The Hall–Kier alpha value is -3.97. The highest BCUT2D eigenvalue weighted by Gasteiger charge is 2.22. The van der Waals surface area contributed by atoms with Crippen LogP contribution in [0.2, 0.25) is 0 Å². The predicted molar refractivity (Wildman–Crippen MR) is 135 cm³/mol. The van der Waals surface area contributed by atoms with Crippen molar-refractivity contribution in [2.45, 2.75) is 30.0 Å². The Morgan fingerprint density at radius 3 is 2.50 bits per heavy atom. The molecule has 186 valence electrons. The molecule has 0 aliphatic heterocycles. The van der Waals surface area contributed by atoms with Gasteiger partial charge in [0.1, 0.15) is 10.0 Å². The first-order chi connectivity index (χ1) is 17.1. The van der Waals surface area contributed by atoms with Crippen molar-refractivity contribution in [3.8, 4) is 5.69 Å². The van der Waals surface area contributed by atoms with Gasteiger partial charge < -0.3 is 15.6 Å². The molecule has 1 saturated carbocycles. The van der Waals surface area contributed by atoms with Crippen LogP contribution in [0.1, 0.15) is 17.7 Å². The van der Waals surface area contributed by atoms with E-state index in [4.69, 9.17) is 0 Å². The minimum atomic E-state index is -4.09. The van der Waals surface area contributed by atoms with E-state index in [1.165, 1.54) is 12.1 Å². The van der Waals surface area contributed by atoms with Crippen molar-refractivity contribution in [2.75, 3.05) is 10.6 Å². The van der Waals surface area contributed by atoms with Gasteiger partial charge in [-0.3, -0.25) is 4.79 Å². The van der Waals surface area contributed by atoms with Crippen molar-refractivity contribution >= 4 is 49.7 Å². The number of carbonyl (C=O) groups is 1. The number of anilines is 2. The molecule has 1 aliphatic carbocycles. The first kappa shape index (κ1) is 23.8. The fraction of sp³-hybridized carbons (Fsp3) is 0.174. The van der Waals surface area contributed by atoms with Gasteiger partial charge >= 0.3 is 11.7 Å². The van der Waals surface area contributed by atoms with Gasteiger partial charge in [0.25, 0.3) is 15.6 Å². The fourth-order valence-corrected chi connectivity index (χ4v) is 5.83. The highest BCUT2D eigenvalue weighted by molar-refractivity contribution is 7.92. The molecular formula is C23H20FN5O5S2. The second-order valence-electron chi connectivity index (χ2n) is 8.34. The van der Waals surface area contributed by atoms with Gasteiger partial charge in [-0.2, -0.15) is 0 Å². The molecule has 0 unspecified atom stereocenters. The molecule has 2 aromatic carbocycles. The molecular weight excluding hydrogens is 509 g/mol. The Morgan fingerprint density at radius 2 is 1.83 bits per heavy atom. The van der Waals surface area contributed by atoms with Crippen molar-refractivity contribution in [1.29, 1.82) is 0 Å². The molecule has 36 heavy (non-hydrogen) atoms. The number of aryl methyl sites for hydroxylation is 1. The highest BCUT2D eigenvalue weighted by atomic mass is 32.2. The van der Waals surface area contributed by atoms with Gasteiger partial charge in [-0.1, -0.05) is 0 Å². The lowest BCUT2D eigenvalue weighted by atomic mass is 10.2. The average Bonchev–Trinajstić information content (AvgIpc) is 3.50. The molecule has 0 spiro atoms. The zero-order valence-electron chi connectivity index (χ0n) is 18.8. The van der Waals surface area contributed by atoms with E-state index in [2.05, 4.69) is 15.6 Å². The Labute approximate surface area is 207 Å². The Bertz CT molecular complexity index is 1740. The van der Waals surface area contributed by atoms with Crippen LogP contribution in [0.15, 0.2) is 62.3 Å². The normalized spacial score (nSPS) is 13.5. The van der Waals surface area contributed by atoms with E-state index in [0.29, 0.717) is 16.1 Å². The van der Waals surface area contributed by atoms with Crippen molar-refractivity contribution in [2.24, 2.45) is 0 Å². The Kier molecular flexibility index (Phi) is 5.88. The summed E-state index contributed by atoms with van der Waals surface area (Å²) < 4.78 is 42.0. The van der Waals surface area contributed by atoms with Gasteiger partial charge in [-0.05, 0) is 68.3 Å². The molecule has 0 radical (unpaired) electrons. The van der Waals surface area contributed by atoms with Crippen LogP contribution in [0.4, 0.5) is 20.6 Å². The number of nitrogens with one attached hydrogen (secondary N) is 4. The lowest BCUT2D eigenvalue weighted by molar-refractivity contribution is 0.256. The molecule has 4 aromatic rings. The summed E-state index contributed by atoms with van der Waals surface area (Å²) in [5, 5.41) is 5.72. The monoisotopic (exact) mass is 529 g/mol. The third-order valence-corrected chi connectivity index (χ3v) is 8.32. The average molecular weight is 530 g/mol. The topological polar surface area (TPSA) is 142 Å². The first-order valence-corrected chi connectivity index (χ1v) is 13.2. The SMILES string of the molecule is Cc1ccc(S(=O)(=O)NC(=O)Nc2ccc(-n3c(=O)[nH]c4cc(NC5CC5)ccc4c3=O)c(F)c2)s1. The predicted octanol–water partition coefficient (Wildman–Crippen LogP) is 3.27. The second-order valence-corrected chi connectivity index (χ2v) is 11.5. The van der Waals surface area contributed by atoms with Crippen molar-refractivity contribution < 1.29 is 17.6 Å². The van der Waals surface area contributed by atoms with Crippen LogP contribution in [0, 0.1) is 12.7 Å². The Balaban J connectivity index is 1.39. The Morgan fingerprint density at radius 1 is 1.08 bits per heavy atom. The van der Waals surface area contributed by atoms with Crippen molar-refractivity contribution in [3.05, 3.63) is 80.1 Å². The number of nitrogens with zero attached hydrogens (tertiary/aromatic N) is 1. The molecule has 13 heteroatoms. The van der Waals surface area contributed by atoms with Crippen LogP contribution >= 0.6 is 11.3 Å². The van der Waals surface area contributed by atoms with Gasteiger partial charge in [-0.15, -0.1) is 11.3 Å². The fourth-order valence-electron chi connectivity index (χ4n) is 3.64. The molecule has 2 amide bonds. The molecule has 0 atom stereocenters. The van der Waals surface area contributed by atoms with E-state index in [1.54, 1.807) is 31.2 Å². The number of thiophene rings is 1. The van der Waals surface area contributed by atoms with E-state index >= 15 is 0 Å². The van der Waals surface area contributed by atoms with Gasteiger partial charge in [0.05, 0.1) is 16.6 Å². The first-order valence-electron chi connectivity index (χ1n) is 10.9. The van der Waals surface area contributed by atoms with Crippen LogP contribution in [0.25, 0.3) is 16.6 Å². The number of benzene rings is 2. The molecule has 2 heterocycles. The maximum Gasteiger partial charge on any atom is 0.333 e. The molecule has 0 saturated heterocycles. The second kappa shape index (κ2) is 8.91. The van der Waals surface area contributed by atoms with Gasteiger partial charge in [0, 0.05) is 22.3 Å². The lowest BCUT2D eigenvalue weighted by Crippen LogP contribution is -2.35. The van der Waals surface area contributed by atoms with Crippen LogP contribution < -0.4 is 26.6 Å². The lowest BCUT2D eigenvalue weighted by Gasteiger charge is -2.11. The third kappa shape index (κ3) is 4.75. The van der Waals surface area contributed by atoms with Crippen molar-refractivity contribution in [1.82, 2.24) is 14.3 Å². The molecule has 5 rings (SSSR count). The van der Waals surface area contributed by atoms with Crippen LogP contribution in [0.3, 0.4) is 0 Å². The van der Waals surface area contributed by atoms with Gasteiger partial charge in [0.2, 0.25) is 0 Å². The van der Waals surface area contributed by atoms with E-state index in [1.807, 2.05) is 4.72 Å². The minimum Gasteiger partial charge on any atom is -0.382 e. The third-order valence-electron chi connectivity index (χ3n) is 5.50. The zero-order chi connectivity index (χ0) is 25.6. The summed E-state index contributed by atoms with van der Waals surface area (Å²) in [7, 11) is -4.09. The van der Waals surface area contributed by atoms with Gasteiger partial charge in [0.15, 0.2) is 0 Å². The quantitative estimate of drug-likeness (QED) is 0.302. The van der Waals surface area contributed by atoms with E-state index in [0.717, 1.165) is 46.9 Å². The summed E-state index contributed by atoms with van der Waals surface area (Å²) in [6.45, 7) is 1.73. The number of aromatic amines is 1. The van der Waals surface area contributed by atoms with Crippen LogP contribution in [-0.2, 0) is 10.0 Å². The molecule has 1 aliphatic rings.